The molecule has 0 radical (unpaired) electrons. The summed E-state index contributed by atoms with van der Waals surface area (Å²) in [5, 5.41) is 7.61. The number of anilines is 1. The summed E-state index contributed by atoms with van der Waals surface area (Å²) < 4.78 is 42.9. The van der Waals surface area contributed by atoms with Gasteiger partial charge in [0.05, 0.1) is 11.3 Å². The molecule has 0 saturated carbocycles. The van der Waals surface area contributed by atoms with Crippen LogP contribution in [0.15, 0.2) is 30.6 Å². The van der Waals surface area contributed by atoms with E-state index in [-0.39, 0.29) is 29.7 Å². The lowest BCUT2D eigenvalue weighted by Gasteiger charge is -2.41. The molecule has 9 heteroatoms. The third kappa shape index (κ3) is 4.41. The first-order valence-corrected chi connectivity index (χ1v) is 10.7. The number of likely N-dealkylation sites (tertiary alicyclic amines) is 1. The van der Waals surface area contributed by atoms with E-state index in [4.69, 9.17) is 0 Å². The molecule has 168 valence electrons. The molecule has 2 aromatic heterocycles. The fourth-order valence-electron chi connectivity index (χ4n) is 4.47. The second kappa shape index (κ2) is 7.84. The van der Waals surface area contributed by atoms with Gasteiger partial charge >= 0.3 is 6.18 Å². The van der Waals surface area contributed by atoms with Crippen molar-refractivity contribution in [2.45, 2.75) is 63.7 Å². The van der Waals surface area contributed by atoms with E-state index in [1.807, 2.05) is 20.8 Å². The summed E-state index contributed by atoms with van der Waals surface area (Å²) in [4.78, 5) is 18.6. The van der Waals surface area contributed by atoms with E-state index in [9.17, 15) is 18.0 Å². The molecule has 1 saturated heterocycles. The van der Waals surface area contributed by atoms with Gasteiger partial charge in [-0.15, -0.1) is 0 Å². The molecule has 1 fully saturated rings. The van der Waals surface area contributed by atoms with Gasteiger partial charge in [-0.3, -0.25) is 9.78 Å². The number of amides is 1. The third-order valence-corrected chi connectivity index (χ3v) is 6.21. The predicted molar refractivity (Wildman–Crippen MR) is 111 cm³/mol. The van der Waals surface area contributed by atoms with Crippen LogP contribution < -0.4 is 5.32 Å². The van der Waals surface area contributed by atoms with Crippen molar-refractivity contribution in [2.75, 3.05) is 18.4 Å². The van der Waals surface area contributed by atoms with E-state index in [0.29, 0.717) is 30.2 Å². The zero-order chi connectivity index (χ0) is 22.4. The number of pyridine rings is 1. The van der Waals surface area contributed by atoms with E-state index in [0.717, 1.165) is 17.5 Å². The number of hydrogen-bond donors (Lipinski definition) is 1. The van der Waals surface area contributed by atoms with Gasteiger partial charge in [0.25, 0.3) is 5.91 Å². The first kappa shape index (κ1) is 21.6. The zero-order valence-corrected chi connectivity index (χ0v) is 18.0. The molecule has 4 heterocycles. The van der Waals surface area contributed by atoms with Crippen LogP contribution >= 0.6 is 0 Å². The summed E-state index contributed by atoms with van der Waals surface area (Å²) >= 11 is 0. The molecule has 1 N–H and O–H groups in total. The average Bonchev–Trinajstić information content (AvgIpc) is 3.17. The molecule has 1 unspecified atom stereocenters. The van der Waals surface area contributed by atoms with Crippen molar-refractivity contribution in [1.82, 2.24) is 19.7 Å². The first-order valence-electron chi connectivity index (χ1n) is 10.7. The summed E-state index contributed by atoms with van der Waals surface area (Å²) in [6.07, 6.45) is 0.181. The van der Waals surface area contributed by atoms with Crippen LogP contribution in [0.4, 0.5) is 19.0 Å². The number of hydrogen-bond acceptors (Lipinski definition) is 4. The van der Waals surface area contributed by atoms with E-state index in [1.165, 1.54) is 6.20 Å². The Hall–Kier alpha value is -2.58. The number of nitrogens with one attached hydrogen (secondary N) is 1. The number of aromatic nitrogens is 3. The van der Waals surface area contributed by atoms with E-state index in [2.05, 4.69) is 15.4 Å². The van der Waals surface area contributed by atoms with Gasteiger partial charge in [0.15, 0.2) is 6.04 Å². The van der Waals surface area contributed by atoms with Crippen molar-refractivity contribution >= 4 is 11.7 Å². The van der Waals surface area contributed by atoms with Crippen LogP contribution in [0.1, 0.15) is 62.1 Å². The number of carbonyl (C=O) groups is 1. The van der Waals surface area contributed by atoms with E-state index >= 15 is 0 Å². The number of rotatable bonds is 2. The summed E-state index contributed by atoms with van der Waals surface area (Å²) in [6.45, 7) is 6.83. The Kier molecular flexibility index (Phi) is 5.47. The normalized spacial score (nSPS) is 24.5. The summed E-state index contributed by atoms with van der Waals surface area (Å²) in [6, 6.07) is 3.10. The monoisotopic (exact) mass is 435 g/mol. The molecule has 1 amide bonds. The molecule has 6 nitrogen and oxygen atoms in total. The van der Waals surface area contributed by atoms with Gasteiger partial charge < -0.3 is 10.2 Å². The highest BCUT2D eigenvalue weighted by Gasteiger charge is 2.48. The van der Waals surface area contributed by atoms with Crippen molar-refractivity contribution in [2.24, 2.45) is 5.92 Å². The Bertz CT molecular complexity index is 935. The van der Waals surface area contributed by atoms with Crippen LogP contribution in [-0.4, -0.2) is 50.9 Å². The minimum absolute atomic E-state index is 0.0686. The fourth-order valence-corrected chi connectivity index (χ4v) is 4.47. The lowest BCUT2D eigenvalue weighted by molar-refractivity contribution is -0.174. The Balaban J connectivity index is 1.57. The molecule has 2 aliphatic heterocycles. The Morgan fingerprint density at radius 2 is 2.03 bits per heavy atom. The van der Waals surface area contributed by atoms with Crippen LogP contribution in [0.25, 0.3) is 0 Å². The smallest absolute Gasteiger partial charge is 0.367 e. The quantitative estimate of drug-likeness (QED) is 0.759. The zero-order valence-electron chi connectivity index (χ0n) is 18.0. The average molecular weight is 435 g/mol. The van der Waals surface area contributed by atoms with Gasteiger partial charge in [-0.1, -0.05) is 20.8 Å². The molecule has 3 atom stereocenters. The lowest BCUT2D eigenvalue weighted by atomic mass is 9.85. The van der Waals surface area contributed by atoms with Crippen LogP contribution in [0.2, 0.25) is 0 Å². The number of nitrogens with zero attached hydrogens (tertiary/aromatic N) is 4. The molecule has 31 heavy (non-hydrogen) atoms. The Morgan fingerprint density at radius 1 is 1.26 bits per heavy atom. The largest absolute Gasteiger partial charge is 0.410 e. The number of alkyl halides is 3. The molecule has 2 aliphatic rings. The summed E-state index contributed by atoms with van der Waals surface area (Å²) in [7, 11) is 0. The molecule has 0 aromatic carbocycles. The standard InChI is InChI=1S/C22H28F3N5O/c1-21(2,3)17-11-19-27-16(10-18(22(23,24)25)30(19)28-17)15-7-5-9-29(13-15)20(31)14-6-4-8-26-12-14/h4,6,8,11-12,15-16,18,27H,5,7,9-10,13H2,1-3H3/t15?,16-,18+/m0/s1. The minimum Gasteiger partial charge on any atom is -0.367 e. The molecule has 2 aromatic rings. The van der Waals surface area contributed by atoms with Crippen molar-refractivity contribution in [3.63, 3.8) is 0 Å². The van der Waals surface area contributed by atoms with E-state index < -0.39 is 12.2 Å². The molecule has 0 bridgehead atoms. The van der Waals surface area contributed by atoms with Crippen LogP contribution in [0.3, 0.4) is 0 Å². The lowest BCUT2D eigenvalue weighted by Crippen LogP contribution is -2.49. The molecule has 0 aliphatic carbocycles. The number of halogens is 3. The Labute approximate surface area is 179 Å². The first-order chi connectivity index (χ1) is 14.5. The minimum atomic E-state index is -4.39. The SMILES string of the molecule is CC(C)(C)c1cc2n(n1)[C@@H](C(F)(F)F)C[C@@H](C1CCCN(C(=O)c3cccnc3)C1)N2. The third-order valence-electron chi connectivity index (χ3n) is 6.21. The number of fused-ring (bicyclic) bond motifs is 1. The van der Waals surface area contributed by atoms with Gasteiger partial charge in [0.1, 0.15) is 5.82 Å². The molecular weight excluding hydrogens is 407 g/mol. The van der Waals surface area contributed by atoms with Gasteiger partial charge in [0, 0.05) is 43.0 Å². The van der Waals surface area contributed by atoms with Crippen molar-refractivity contribution in [3.8, 4) is 0 Å². The van der Waals surface area contributed by atoms with Crippen LogP contribution in [0.5, 0.6) is 0 Å². The Morgan fingerprint density at radius 3 is 2.68 bits per heavy atom. The van der Waals surface area contributed by atoms with Gasteiger partial charge in [-0.2, -0.15) is 18.3 Å². The fraction of sp³-hybridized carbons (Fsp3) is 0.591. The van der Waals surface area contributed by atoms with Crippen molar-refractivity contribution < 1.29 is 18.0 Å². The number of piperidine rings is 1. The van der Waals surface area contributed by atoms with Crippen LogP contribution in [0, 0.1) is 5.92 Å². The highest BCUT2D eigenvalue weighted by Crippen LogP contribution is 2.43. The van der Waals surface area contributed by atoms with Crippen molar-refractivity contribution in [1.29, 1.82) is 0 Å². The summed E-state index contributed by atoms with van der Waals surface area (Å²) in [5.74, 6) is 0.209. The van der Waals surface area contributed by atoms with Gasteiger partial charge in [0.2, 0.25) is 0 Å². The van der Waals surface area contributed by atoms with Crippen molar-refractivity contribution in [3.05, 3.63) is 41.9 Å². The van der Waals surface area contributed by atoms with E-state index in [1.54, 1.807) is 29.3 Å². The second-order valence-electron chi connectivity index (χ2n) is 9.55. The maximum atomic E-state index is 13.9. The summed E-state index contributed by atoms with van der Waals surface area (Å²) in [5.41, 5.74) is 0.776. The van der Waals surface area contributed by atoms with Crippen LogP contribution in [-0.2, 0) is 5.41 Å². The molecule has 4 rings (SSSR count). The van der Waals surface area contributed by atoms with Gasteiger partial charge in [-0.25, -0.2) is 4.68 Å². The number of carbonyl (C=O) groups excluding carboxylic acids is 1. The maximum Gasteiger partial charge on any atom is 0.410 e. The van der Waals surface area contributed by atoms with Gasteiger partial charge in [-0.05, 0) is 37.3 Å². The highest BCUT2D eigenvalue weighted by molar-refractivity contribution is 5.93. The topological polar surface area (TPSA) is 63.1 Å². The maximum absolute atomic E-state index is 13.9. The molecule has 0 spiro atoms. The predicted octanol–water partition coefficient (Wildman–Crippen LogP) is 4.42. The highest BCUT2D eigenvalue weighted by atomic mass is 19.4. The molecular formula is C22H28F3N5O. The second-order valence-corrected chi connectivity index (χ2v) is 9.55.